The van der Waals surface area contributed by atoms with Gasteiger partial charge in [0.05, 0.1) is 12.7 Å². The van der Waals surface area contributed by atoms with Crippen LogP contribution in [0.4, 0.5) is 0 Å². The highest BCUT2D eigenvalue weighted by molar-refractivity contribution is 5.07. The lowest BCUT2D eigenvalue weighted by Gasteiger charge is -2.42. The largest absolute Gasteiger partial charge is 0.373 e. The summed E-state index contributed by atoms with van der Waals surface area (Å²) in [7, 11) is 3.31. The summed E-state index contributed by atoms with van der Waals surface area (Å²) in [6.45, 7) is 5.20. The second-order valence-corrected chi connectivity index (χ2v) is 5.75. The maximum Gasteiger partial charge on any atom is 0.180 e. The Hall–Kier alpha value is -0.380. The predicted molar refractivity (Wildman–Crippen MR) is 71.2 cm³/mol. The zero-order valence-electron chi connectivity index (χ0n) is 12.0. The molecule has 5 atom stereocenters. The lowest BCUT2D eigenvalue weighted by Crippen LogP contribution is -2.41. The molecule has 0 aliphatic heterocycles. The molecule has 1 fully saturated rings. The van der Waals surface area contributed by atoms with E-state index >= 15 is 0 Å². The van der Waals surface area contributed by atoms with Crippen LogP contribution in [0.1, 0.15) is 26.7 Å². The van der Waals surface area contributed by atoms with Crippen molar-refractivity contribution in [2.24, 2.45) is 23.7 Å². The van der Waals surface area contributed by atoms with Gasteiger partial charge >= 0.3 is 0 Å². The van der Waals surface area contributed by atoms with Crippen LogP contribution in [-0.2, 0) is 14.2 Å². The minimum atomic E-state index is -0.246. The highest BCUT2D eigenvalue weighted by atomic mass is 16.7. The third-order valence-corrected chi connectivity index (χ3v) is 4.76. The summed E-state index contributed by atoms with van der Waals surface area (Å²) in [6.07, 6.45) is 7.23. The van der Waals surface area contributed by atoms with Crippen LogP contribution in [0.2, 0.25) is 0 Å². The number of rotatable bonds is 5. The second kappa shape index (κ2) is 6.18. The molecule has 3 heteroatoms. The van der Waals surface area contributed by atoms with Crippen LogP contribution >= 0.6 is 0 Å². The molecule has 0 unspecified atom stereocenters. The molecule has 0 bridgehead atoms. The van der Waals surface area contributed by atoms with Crippen LogP contribution in [0, 0.1) is 23.7 Å². The van der Waals surface area contributed by atoms with Gasteiger partial charge in [-0.2, -0.15) is 0 Å². The van der Waals surface area contributed by atoms with Crippen molar-refractivity contribution in [1.29, 1.82) is 0 Å². The third kappa shape index (κ3) is 2.79. The summed E-state index contributed by atoms with van der Waals surface area (Å²) in [6, 6.07) is 0. The first-order valence-electron chi connectivity index (χ1n) is 7.01. The van der Waals surface area contributed by atoms with Gasteiger partial charge in [-0.05, 0) is 36.5 Å². The Morgan fingerprint density at radius 1 is 1.22 bits per heavy atom. The Bertz CT molecular complexity index is 285. The summed E-state index contributed by atoms with van der Waals surface area (Å²) in [5.74, 6) is 2.87. The van der Waals surface area contributed by atoms with Crippen molar-refractivity contribution >= 4 is 0 Å². The summed E-state index contributed by atoms with van der Waals surface area (Å²) in [5, 5.41) is 0. The van der Waals surface area contributed by atoms with Crippen LogP contribution in [0.25, 0.3) is 0 Å². The fourth-order valence-corrected chi connectivity index (χ4v) is 3.53. The molecule has 0 radical (unpaired) electrons. The van der Waals surface area contributed by atoms with Gasteiger partial charge in [-0.25, -0.2) is 0 Å². The SMILES string of the molecule is COC(CO[C@@H]1C[C@H](C)[C@@H]2CC=C[C@H]2[C@H]1C)OC. The summed E-state index contributed by atoms with van der Waals surface area (Å²) in [5.41, 5.74) is 0. The average molecular weight is 254 g/mol. The van der Waals surface area contributed by atoms with E-state index in [9.17, 15) is 0 Å². The van der Waals surface area contributed by atoms with Crippen molar-refractivity contribution in [3.05, 3.63) is 12.2 Å². The lowest BCUT2D eigenvalue weighted by molar-refractivity contribution is -0.166. The van der Waals surface area contributed by atoms with Crippen molar-refractivity contribution in [1.82, 2.24) is 0 Å². The highest BCUT2D eigenvalue weighted by Crippen LogP contribution is 2.45. The second-order valence-electron chi connectivity index (χ2n) is 5.75. The molecule has 0 aromatic rings. The number of ether oxygens (including phenoxy) is 3. The average Bonchev–Trinajstić information content (AvgIpc) is 2.86. The van der Waals surface area contributed by atoms with Gasteiger partial charge < -0.3 is 14.2 Å². The van der Waals surface area contributed by atoms with Crippen LogP contribution in [-0.4, -0.2) is 33.2 Å². The predicted octanol–water partition coefficient (Wildman–Crippen LogP) is 2.86. The van der Waals surface area contributed by atoms with E-state index in [0.29, 0.717) is 24.5 Å². The van der Waals surface area contributed by atoms with Gasteiger partial charge in [-0.3, -0.25) is 0 Å². The quantitative estimate of drug-likeness (QED) is 0.558. The standard InChI is InChI=1S/C15H26O3/c1-10-8-14(18-9-15(16-3)17-4)11(2)13-7-5-6-12(10)13/h5,7,10-15H,6,8-9H2,1-4H3/t10-,11+,12-,13-,14+/m0/s1. The monoisotopic (exact) mass is 254 g/mol. The molecule has 0 heterocycles. The number of hydrogen-bond donors (Lipinski definition) is 0. The Morgan fingerprint density at radius 2 is 1.94 bits per heavy atom. The molecular formula is C15H26O3. The molecule has 2 aliphatic carbocycles. The van der Waals surface area contributed by atoms with Crippen molar-refractivity contribution in [2.75, 3.05) is 20.8 Å². The molecule has 3 nitrogen and oxygen atoms in total. The molecule has 2 rings (SSSR count). The lowest BCUT2D eigenvalue weighted by atomic mass is 9.68. The minimum Gasteiger partial charge on any atom is -0.373 e. The molecule has 0 aromatic carbocycles. The Morgan fingerprint density at radius 3 is 2.61 bits per heavy atom. The Balaban J connectivity index is 1.90. The van der Waals surface area contributed by atoms with Gasteiger partial charge in [-0.15, -0.1) is 0 Å². The molecule has 2 aliphatic rings. The molecule has 1 saturated carbocycles. The molecule has 104 valence electrons. The van der Waals surface area contributed by atoms with Crippen molar-refractivity contribution in [3.8, 4) is 0 Å². The number of allylic oxidation sites excluding steroid dienone is 2. The molecule has 18 heavy (non-hydrogen) atoms. The maximum absolute atomic E-state index is 6.03. The van der Waals surface area contributed by atoms with Crippen molar-refractivity contribution < 1.29 is 14.2 Å². The van der Waals surface area contributed by atoms with Crippen LogP contribution in [0.5, 0.6) is 0 Å². The normalized spacial score (nSPS) is 39.3. The molecule has 0 saturated heterocycles. The molecule has 0 amide bonds. The van der Waals surface area contributed by atoms with Crippen LogP contribution in [0.15, 0.2) is 12.2 Å². The van der Waals surface area contributed by atoms with Gasteiger partial charge in [0.1, 0.15) is 0 Å². The van der Waals surface area contributed by atoms with Gasteiger partial charge in [0.25, 0.3) is 0 Å². The van der Waals surface area contributed by atoms with E-state index in [1.54, 1.807) is 14.2 Å². The third-order valence-electron chi connectivity index (χ3n) is 4.76. The first kappa shape index (κ1) is 14.0. The van der Waals surface area contributed by atoms with Crippen LogP contribution < -0.4 is 0 Å². The molecule has 0 spiro atoms. The Kier molecular flexibility index (Phi) is 4.82. The smallest absolute Gasteiger partial charge is 0.180 e. The molecule has 0 N–H and O–H groups in total. The fourth-order valence-electron chi connectivity index (χ4n) is 3.53. The van der Waals surface area contributed by atoms with Crippen molar-refractivity contribution in [3.63, 3.8) is 0 Å². The minimum absolute atomic E-state index is 0.246. The molecular weight excluding hydrogens is 228 g/mol. The van der Waals surface area contributed by atoms with Gasteiger partial charge in [0.15, 0.2) is 6.29 Å². The van der Waals surface area contributed by atoms with E-state index in [0.717, 1.165) is 18.3 Å². The highest BCUT2D eigenvalue weighted by Gasteiger charge is 2.41. The van der Waals surface area contributed by atoms with E-state index in [4.69, 9.17) is 14.2 Å². The molecule has 0 aromatic heterocycles. The van der Waals surface area contributed by atoms with Gasteiger partial charge in [0.2, 0.25) is 0 Å². The van der Waals surface area contributed by atoms with E-state index < -0.39 is 0 Å². The van der Waals surface area contributed by atoms with Gasteiger partial charge in [0, 0.05) is 14.2 Å². The summed E-state index contributed by atoms with van der Waals surface area (Å²) < 4.78 is 16.4. The fraction of sp³-hybridized carbons (Fsp3) is 0.867. The van der Waals surface area contributed by atoms with E-state index in [-0.39, 0.29) is 6.29 Å². The summed E-state index contributed by atoms with van der Waals surface area (Å²) in [4.78, 5) is 0. The number of hydrogen-bond acceptors (Lipinski definition) is 3. The van der Waals surface area contributed by atoms with Crippen molar-refractivity contribution in [2.45, 2.75) is 39.1 Å². The maximum atomic E-state index is 6.03. The first-order chi connectivity index (χ1) is 8.67. The van der Waals surface area contributed by atoms with Gasteiger partial charge in [-0.1, -0.05) is 26.0 Å². The first-order valence-corrected chi connectivity index (χ1v) is 7.01. The van der Waals surface area contributed by atoms with E-state index in [1.807, 2.05) is 0 Å². The summed E-state index contributed by atoms with van der Waals surface area (Å²) >= 11 is 0. The topological polar surface area (TPSA) is 27.7 Å². The number of methoxy groups -OCH3 is 2. The van der Waals surface area contributed by atoms with E-state index in [2.05, 4.69) is 26.0 Å². The zero-order chi connectivity index (χ0) is 13.1. The zero-order valence-corrected chi connectivity index (χ0v) is 12.0. The Labute approximate surface area is 110 Å². The number of fused-ring (bicyclic) bond motifs is 1. The van der Waals surface area contributed by atoms with E-state index in [1.165, 1.54) is 6.42 Å². The van der Waals surface area contributed by atoms with Crippen LogP contribution in [0.3, 0.4) is 0 Å².